The quantitative estimate of drug-likeness (QED) is 0.402. The van der Waals surface area contributed by atoms with Gasteiger partial charge in [0.1, 0.15) is 0 Å². The van der Waals surface area contributed by atoms with Crippen molar-refractivity contribution in [1.29, 1.82) is 0 Å². The molecule has 2 rings (SSSR count). The van der Waals surface area contributed by atoms with Gasteiger partial charge in [-0.15, -0.1) is 0 Å². The molecule has 0 aliphatic heterocycles. The topological polar surface area (TPSA) is 70.6 Å². The fraction of sp³-hybridized carbons (Fsp3) is 0.211. The van der Waals surface area contributed by atoms with Gasteiger partial charge in [0.05, 0.1) is 12.5 Å². The number of nitrogens with zero attached hydrogens (tertiary/aromatic N) is 1. The van der Waals surface area contributed by atoms with E-state index in [0.29, 0.717) is 11.3 Å². The van der Waals surface area contributed by atoms with Gasteiger partial charge >= 0.3 is 0 Å². The third kappa shape index (κ3) is 6.30. The first-order chi connectivity index (χ1) is 12.0. The van der Waals surface area contributed by atoms with Crippen molar-refractivity contribution in [1.82, 2.24) is 10.7 Å². The Morgan fingerprint density at radius 2 is 1.84 bits per heavy atom. The van der Waals surface area contributed by atoms with Gasteiger partial charge in [0.15, 0.2) is 0 Å². The summed E-state index contributed by atoms with van der Waals surface area (Å²) in [5, 5.41) is 6.92. The SMILES string of the molecule is C/C(CC(=O)N[C@H](C)c1ccccc1)=N/NC(=O)c1cccc(I)c1. The normalized spacial score (nSPS) is 12.4. The number of hydrogen-bond acceptors (Lipinski definition) is 3. The molecule has 0 unspecified atom stereocenters. The van der Waals surface area contributed by atoms with E-state index >= 15 is 0 Å². The summed E-state index contributed by atoms with van der Waals surface area (Å²) in [6.07, 6.45) is 0.129. The summed E-state index contributed by atoms with van der Waals surface area (Å²) >= 11 is 2.14. The molecule has 2 amide bonds. The fourth-order valence-corrected chi connectivity index (χ4v) is 2.77. The van der Waals surface area contributed by atoms with Crippen LogP contribution >= 0.6 is 22.6 Å². The maximum atomic E-state index is 12.1. The molecule has 0 aliphatic carbocycles. The lowest BCUT2D eigenvalue weighted by Gasteiger charge is -2.14. The van der Waals surface area contributed by atoms with Gasteiger partial charge in [0, 0.05) is 14.8 Å². The summed E-state index contributed by atoms with van der Waals surface area (Å²) in [7, 11) is 0. The summed E-state index contributed by atoms with van der Waals surface area (Å²) in [4.78, 5) is 24.1. The van der Waals surface area contributed by atoms with Crippen LogP contribution in [0.2, 0.25) is 0 Å². The number of nitrogens with one attached hydrogen (secondary N) is 2. The Balaban J connectivity index is 1.86. The van der Waals surface area contributed by atoms with Crippen LogP contribution in [0.25, 0.3) is 0 Å². The number of carbonyl (C=O) groups excluding carboxylic acids is 2. The Hall–Kier alpha value is -2.22. The number of rotatable bonds is 6. The van der Waals surface area contributed by atoms with Crippen molar-refractivity contribution >= 4 is 40.1 Å². The largest absolute Gasteiger partial charge is 0.349 e. The van der Waals surface area contributed by atoms with Crippen molar-refractivity contribution in [3.05, 3.63) is 69.3 Å². The van der Waals surface area contributed by atoms with E-state index < -0.39 is 0 Å². The van der Waals surface area contributed by atoms with Crippen LogP contribution in [0.5, 0.6) is 0 Å². The second-order valence-electron chi connectivity index (χ2n) is 5.68. The third-order valence-corrected chi connectivity index (χ3v) is 4.20. The zero-order valence-electron chi connectivity index (χ0n) is 14.1. The van der Waals surface area contributed by atoms with Gasteiger partial charge in [0.2, 0.25) is 5.91 Å². The van der Waals surface area contributed by atoms with Gasteiger partial charge in [-0.2, -0.15) is 5.10 Å². The van der Waals surface area contributed by atoms with Crippen LogP contribution in [0.3, 0.4) is 0 Å². The number of benzene rings is 2. The second-order valence-corrected chi connectivity index (χ2v) is 6.92. The number of hydrazone groups is 1. The molecule has 6 heteroatoms. The van der Waals surface area contributed by atoms with Gasteiger partial charge in [-0.25, -0.2) is 5.43 Å². The number of amides is 2. The van der Waals surface area contributed by atoms with Crippen LogP contribution in [-0.4, -0.2) is 17.5 Å². The van der Waals surface area contributed by atoms with Crippen LogP contribution in [0.1, 0.15) is 42.2 Å². The van der Waals surface area contributed by atoms with Crippen LogP contribution in [0.4, 0.5) is 0 Å². The molecular formula is C19H20IN3O2. The molecule has 0 aromatic heterocycles. The van der Waals surface area contributed by atoms with E-state index in [-0.39, 0.29) is 24.3 Å². The van der Waals surface area contributed by atoms with E-state index in [1.807, 2.05) is 49.4 Å². The predicted octanol–water partition coefficient (Wildman–Crippen LogP) is 3.66. The first kappa shape index (κ1) is 19.1. The molecule has 0 saturated heterocycles. The van der Waals surface area contributed by atoms with Crippen molar-refractivity contribution in [2.75, 3.05) is 0 Å². The summed E-state index contributed by atoms with van der Waals surface area (Å²) in [5.41, 5.74) is 4.59. The average Bonchev–Trinajstić information content (AvgIpc) is 2.60. The molecule has 0 fully saturated rings. The van der Waals surface area contributed by atoms with Crippen LogP contribution < -0.4 is 10.7 Å². The smallest absolute Gasteiger partial charge is 0.271 e. The minimum absolute atomic E-state index is 0.0810. The molecule has 0 saturated carbocycles. The molecule has 25 heavy (non-hydrogen) atoms. The molecule has 2 aromatic rings. The van der Waals surface area contributed by atoms with E-state index in [4.69, 9.17) is 0 Å². The Bertz CT molecular complexity index is 775. The molecule has 5 nitrogen and oxygen atoms in total. The minimum Gasteiger partial charge on any atom is -0.349 e. The van der Waals surface area contributed by atoms with Gasteiger partial charge < -0.3 is 5.32 Å². The Kier molecular flexibility index (Phi) is 7.12. The standard InChI is InChI=1S/C19H20IN3O2/c1-13(22-23-19(25)16-9-6-10-17(20)12-16)11-18(24)21-14(2)15-7-4-3-5-8-15/h3-10,12,14H,11H2,1-2H3,(H,21,24)(H,23,25)/b22-13-/t14-/m1/s1. The molecule has 130 valence electrons. The van der Waals surface area contributed by atoms with Crippen LogP contribution in [0, 0.1) is 3.57 Å². The van der Waals surface area contributed by atoms with E-state index in [2.05, 4.69) is 38.4 Å². The van der Waals surface area contributed by atoms with Crippen LogP contribution in [0.15, 0.2) is 59.7 Å². The molecule has 2 N–H and O–H groups in total. The van der Waals surface area contributed by atoms with Crippen molar-refractivity contribution in [3.63, 3.8) is 0 Å². The number of halogens is 1. The lowest BCUT2D eigenvalue weighted by atomic mass is 10.1. The Morgan fingerprint density at radius 1 is 1.12 bits per heavy atom. The first-order valence-corrected chi connectivity index (χ1v) is 8.97. The van der Waals surface area contributed by atoms with E-state index in [1.54, 1.807) is 19.1 Å². The fourth-order valence-electron chi connectivity index (χ4n) is 2.23. The van der Waals surface area contributed by atoms with Gasteiger partial charge in [-0.1, -0.05) is 36.4 Å². The Morgan fingerprint density at radius 3 is 2.52 bits per heavy atom. The monoisotopic (exact) mass is 449 g/mol. The number of hydrogen-bond donors (Lipinski definition) is 2. The third-order valence-electron chi connectivity index (χ3n) is 3.53. The van der Waals surface area contributed by atoms with E-state index in [9.17, 15) is 9.59 Å². The zero-order valence-corrected chi connectivity index (χ0v) is 16.3. The highest BCUT2D eigenvalue weighted by molar-refractivity contribution is 14.1. The summed E-state index contributed by atoms with van der Waals surface area (Å²) in [6.45, 7) is 3.64. The van der Waals surface area contributed by atoms with Crippen molar-refractivity contribution < 1.29 is 9.59 Å². The lowest BCUT2D eigenvalue weighted by molar-refractivity contribution is -0.120. The maximum Gasteiger partial charge on any atom is 0.271 e. The van der Waals surface area contributed by atoms with Gasteiger partial charge in [-0.3, -0.25) is 9.59 Å². The zero-order chi connectivity index (χ0) is 18.2. The molecular weight excluding hydrogens is 429 g/mol. The molecule has 1 atom stereocenters. The highest BCUT2D eigenvalue weighted by atomic mass is 127. The number of carbonyl (C=O) groups is 2. The minimum atomic E-state index is -0.295. The second kappa shape index (κ2) is 9.31. The van der Waals surface area contributed by atoms with Crippen molar-refractivity contribution in [3.8, 4) is 0 Å². The van der Waals surface area contributed by atoms with Crippen LogP contribution in [-0.2, 0) is 4.79 Å². The van der Waals surface area contributed by atoms with Gasteiger partial charge in [-0.05, 0) is 60.2 Å². The maximum absolute atomic E-state index is 12.1. The summed E-state index contributed by atoms with van der Waals surface area (Å²) in [5.74, 6) is -0.433. The summed E-state index contributed by atoms with van der Waals surface area (Å²) < 4.78 is 0.972. The Labute approximate surface area is 161 Å². The molecule has 0 spiro atoms. The highest BCUT2D eigenvalue weighted by Crippen LogP contribution is 2.11. The molecule has 0 aliphatic rings. The first-order valence-electron chi connectivity index (χ1n) is 7.89. The van der Waals surface area contributed by atoms with Gasteiger partial charge in [0.25, 0.3) is 5.91 Å². The van der Waals surface area contributed by atoms with Crippen molar-refractivity contribution in [2.45, 2.75) is 26.3 Å². The van der Waals surface area contributed by atoms with E-state index in [0.717, 1.165) is 9.13 Å². The summed E-state index contributed by atoms with van der Waals surface area (Å²) in [6, 6.07) is 16.9. The molecule has 0 bridgehead atoms. The molecule has 0 heterocycles. The molecule has 0 radical (unpaired) electrons. The average molecular weight is 449 g/mol. The highest BCUT2D eigenvalue weighted by Gasteiger charge is 2.11. The van der Waals surface area contributed by atoms with E-state index in [1.165, 1.54) is 0 Å². The predicted molar refractivity (Wildman–Crippen MR) is 107 cm³/mol. The van der Waals surface area contributed by atoms with Crippen molar-refractivity contribution in [2.24, 2.45) is 5.10 Å². The lowest BCUT2D eigenvalue weighted by Crippen LogP contribution is -2.28. The molecule has 2 aromatic carbocycles.